The van der Waals surface area contributed by atoms with Gasteiger partial charge in [0.25, 0.3) is 5.69 Å². The first-order valence-electron chi connectivity index (χ1n) is 5.05. The van der Waals surface area contributed by atoms with E-state index in [0.29, 0.717) is 11.4 Å². The van der Waals surface area contributed by atoms with Crippen molar-refractivity contribution in [3.63, 3.8) is 0 Å². The molecular formula is C10H13N3O5. The molecule has 1 heterocycles. The van der Waals surface area contributed by atoms with Gasteiger partial charge in [-0.2, -0.15) is 0 Å². The summed E-state index contributed by atoms with van der Waals surface area (Å²) in [6, 6.07) is 1.31. The molecule has 0 aliphatic rings. The fourth-order valence-electron chi connectivity index (χ4n) is 1.18. The van der Waals surface area contributed by atoms with Crippen molar-refractivity contribution in [1.82, 2.24) is 4.98 Å². The van der Waals surface area contributed by atoms with Crippen LogP contribution < -0.4 is 5.32 Å². The molecule has 1 rings (SSSR count). The molecule has 98 valence electrons. The van der Waals surface area contributed by atoms with Gasteiger partial charge < -0.3 is 15.5 Å². The molecule has 0 amide bonds. The second-order valence-electron chi connectivity index (χ2n) is 4.05. The number of hydrogen-bond donors (Lipinski definition) is 3. The van der Waals surface area contributed by atoms with Gasteiger partial charge >= 0.3 is 5.97 Å². The van der Waals surface area contributed by atoms with Crippen molar-refractivity contribution in [1.29, 1.82) is 0 Å². The van der Waals surface area contributed by atoms with Crippen molar-refractivity contribution < 1.29 is 19.9 Å². The van der Waals surface area contributed by atoms with Crippen molar-refractivity contribution in [2.24, 2.45) is 0 Å². The van der Waals surface area contributed by atoms with Crippen molar-refractivity contribution in [3.05, 3.63) is 27.9 Å². The lowest BCUT2D eigenvalue weighted by molar-refractivity contribution is -0.385. The summed E-state index contributed by atoms with van der Waals surface area (Å²) >= 11 is 0. The number of aliphatic hydroxyl groups is 1. The highest BCUT2D eigenvalue weighted by Gasteiger charge is 2.29. The maximum absolute atomic E-state index is 10.7. The minimum atomic E-state index is -1.93. The molecule has 1 unspecified atom stereocenters. The molecule has 0 saturated heterocycles. The summed E-state index contributed by atoms with van der Waals surface area (Å²) in [5.74, 6) is -1.07. The van der Waals surface area contributed by atoms with Crippen LogP contribution in [0.1, 0.15) is 12.5 Å². The Morgan fingerprint density at radius 1 is 1.67 bits per heavy atom. The van der Waals surface area contributed by atoms with Crippen molar-refractivity contribution in [2.45, 2.75) is 19.4 Å². The molecule has 3 N–H and O–H groups in total. The van der Waals surface area contributed by atoms with E-state index < -0.39 is 16.5 Å². The molecule has 8 nitrogen and oxygen atoms in total. The van der Waals surface area contributed by atoms with Crippen LogP contribution in [0.3, 0.4) is 0 Å². The van der Waals surface area contributed by atoms with Crippen molar-refractivity contribution in [2.75, 3.05) is 11.9 Å². The summed E-state index contributed by atoms with van der Waals surface area (Å²) in [4.78, 5) is 24.4. The Bertz CT molecular complexity index is 486. The first kappa shape index (κ1) is 13.8. The number of carbonyl (C=O) groups is 1. The number of hydrogen-bond acceptors (Lipinski definition) is 6. The number of pyridine rings is 1. The second kappa shape index (κ2) is 4.96. The third-order valence-electron chi connectivity index (χ3n) is 2.34. The lowest BCUT2D eigenvalue weighted by Gasteiger charge is -2.19. The van der Waals surface area contributed by atoms with Crippen molar-refractivity contribution in [3.8, 4) is 0 Å². The number of anilines is 1. The second-order valence-corrected chi connectivity index (χ2v) is 4.05. The summed E-state index contributed by atoms with van der Waals surface area (Å²) in [7, 11) is 0. The average Bonchev–Trinajstić information content (AvgIpc) is 2.26. The summed E-state index contributed by atoms with van der Waals surface area (Å²) in [5, 5.41) is 31.3. The zero-order chi connectivity index (χ0) is 13.9. The number of carboxylic acid groups (broad SMARTS) is 1. The molecule has 0 radical (unpaired) electrons. The van der Waals surface area contributed by atoms with Gasteiger partial charge in [0.1, 0.15) is 12.0 Å². The normalized spacial score (nSPS) is 13.7. The quantitative estimate of drug-likeness (QED) is 0.518. The number of aromatic nitrogens is 1. The first-order chi connectivity index (χ1) is 8.24. The highest BCUT2D eigenvalue weighted by atomic mass is 16.6. The third-order valence-corrected chi connectivity index (χ3v) is 2.34. The van der Waals surface area contributed by atoms with Crippen LogP contribution in [0.5, 0.6) is 0 Å². The standard InChI is InChI=1S/C10H13N3O5/c1-6-3-7(13(17)18)4-11-8(6)12-5-10(2,16)9(14)15/h3-4,16H,5H2,1-2H3,(H,11,12)(H,14,15). The van der Waals surface area contributed by atoms with Gasteiger partial charge in [-0.1, -0.05) is 0 Å². The number of rotatable bonds is 5. The van der Waals surface area contributed by atoms with E-state index in [1.807, 2.05) is 0 Å². The molecule has 8 heteroatoms. The highest BCUT2D eigenvalue weighted by Crippen LogP contribution is 2.18. The minimum Gasteiger partial charge on any atom is -0.479 e. The molecule has 0 saturated carbocycles. The average molecular weight is 255 g/mol. The summed E-state index contributed by atoms with van der Waals surface area (Å²) in [6.45, 7) is 2.48. The van der Waals surface area contributed by atoms with Crippen LogP contribution in [0, 0.1) is 17.0 Å². The maximum Gasteiger partial charge on any atom is 0.337 e. The van der Waals surface area contributed by atoms with E-state index in [4.69, 9.17) is 5.11 Å². The van der Waals surface area contributed by atoms with Gasteiger partial charge in [0.2, 0.25) is 0 Å². The Morgan fingerprint density at radius 3 is 2.72 bits per heavy atom. The molecule has 0 aliphatic carbocycles. The van der Waals surface area contributed by atoms with E-state index in [0.717, 1.165) is 13.1 Å². The molecule has 0 fully saturated rings. The number of nitro groups is 1. The van der Waals surface area contributed by atoms with E-state index in [9.17, 15) is 20.0 Å². The van der Waals surface area contributed by atoms with E-state index in [1.165, 1.54) is 6.07 Å². The molecule has 1 aromatic rings. The third kappa shape index (κ3) is 3.14. The predicted molar refractivity (Wildman–Crippen MR) is 62.4 cm³/mol. The van der Waals surface area contributed by atoms with Gasteiger partial charge in [-0.15, -0.1) is 0 Å². The Balaban J connectivity index is 2.81. The van der Waals surface area contributed by atoms with E-state index >= 15 is 0 Å². The number of aliphatic carboxylic acids is 1. The van der Waals surface area contributed by atoms with Gasteiger partial charge in [0, 0.05) is 6.07 Å². The Labute approximate surface area is 102 Å². The fraction of sp³-hybridized carbons (Fsp3) is 0.400. The molecule has 0 aliphatic heterocycles. The van der Waals surface area contributed by atoms with Crippen LogP contribution in [0.4, 0.5) is 11.5 Å². The highest BCUT2D eigenvalue weighted by molar-refractivity contribution is 5.77. The van der Waals surface area contributed by atoms with Gasteiger partial charge in [0.05, 0.1) is 11.5 Å². The van der Waals surface area contributed by atoms with E-state index in [1.54, 1.807) is 6.92 Å². The molecule has 18 heavy (non-hydrogen) atoms. The van der Waals surface area contributed by atoms with Crippen LogP contribution in [0.2, 0.25) is 0 Å². The molecule has 1 atom stereocenters. The Hall–Kier alpha value is -2.22. The van der Waals surface area contributed by atoms with Crippen LogP contribution in [-0.4, -0.2) is 38.2 Å². The SMILES string of the molecule is Cc1cc([N+](=O)[O-])cnc1NCC(C)(O)C(=O)O. The Kier molecular flexibility index (Phi) is 3.82. The molecule has 1 aromatic heterocycles. The summed E-state index contributed by atoms with van der Waals surface area (Å²) in [6.07, 6.45) is 1.06. The molecular weight excluding hydrogens is 242 g/mol. The number of carboxylic acids is 1. The zero-order valence-corrected chi connectivity index (χ0v) is 9.88. The fourth-order valence-corrected chi connectivity index (χ4v) is 1.18. The molecule has 0 spiro atoms. The maximum atomic E-state index is 10.7. The Morgan fingerprint density at radius 2 is 2.28 bits per heavy atom. The minimum absolute atomic E-state index is 0.150. The van der Waals surface area contributed by atoms with E-state index in [2.05, 4.69) is 10.3 Å². The van der Waals surface area contributed by atoms with Gasteiger partial charge in [0.15, 0.2) is 5.60 Å². The van der Waals surface area contributed by atoms with Crippen LogP contribution >= 0.6 is 0 Å². The largest absolute Gasteiger partial charge is 0.479 e. The molecule has 0 aromatic carbocycles. The van der Waals surface area contributed by atoms with Gasteiger partial charge in [-0.25, -0.2) is 9.78 Å². The number of nitrogens with zero attached hydrogens (tertiary/aromatic N) is 2. The monoisotopic (exact) mass is 255 g/mol. The van der Waals surface area contributed by atoms with E-state index in [-0.39, 0.29) is 12.2 Å². The predicted octanol–water partition coefficient (Wildman–Crippen LogP) is 0.546. The number of aryl methyl sites for hydroxylation is 1. The topological polar surface area (TPSA) is 126 Å². The summed E-state index contributed by atoms with van der Waals surface area (Å²) in [5.41, 5.74) is -1.59. The van der Waals surface area contributed by atoms with Crippen molar-refractivity contribution >= 4 is 17.5 Å². The lowest BCUT2D eigenvalue weighted by atomic mass is 10.1. The molecule has 0 bridgehead atoms. The van der Waals surface area contributed by atoms with Crippen LogP contribution in [0.15, 0.2) is 12.3 Å². The number of nitrogens with one attached hydrogen (secondary N) is 1. The van der Waals surface area contributed by atoms with Gasteiger partial charge in [-0.05, 0) is 19.4 Å². The smallest absolute Gasteiger partial charge is 0.337 e. The van der Waals surface area contributed by atoms with Crippen LogP contribution in [-0.2, 0) is 4.79 Å². The van der Waals surface area contributed by atoms with Crippen LogP contribution in [0.25, 0.3) is 0 Å². The first-order valence-corrected chi connectivity index (χ1v) is 5.05. The summed E-state index contributed by atoms with van der Waals surface area (Å²) < 4.78 is 0. The van der Waals surface area contributed by atoms with Gasteiger partial charge in [-0.3, -0.25) is 10.1 Å². The zero-order valence-electron chi connectivity index (χ0n) is 9.88. The lowest BCUT2D eigenvalue weighted by Crippen LogP contribution is -2.42.